The van der Waals surface area contributed by atoms with Crippen LogP contribution in [-0.2, 0) is 0 Å². The van der Waals surface area contributed by atoms with Crippen molar-refractivity contribution in [3.63, 3.8) is 0 Å². The summed E-state index contributed by atoms with van der Waals surface area (Å²) in [6, 6.07) is 5.13. The number of nitrogens with one attached hydrogen (secondary N) is 1. The molecule has 1 aromatic heterocycles. The SMILES string of the molecule is Nc1cccc(C(=O)NC2CCC(O)CC2)n1. The molecule has 2 rings (SSSR count). The highest BCUT2D eigenvalue weighted by atomic mass is 16.3. The molecule has 0 aromatic carbocycles. The number of aliphatic hydroxyl groups excluding tert-OH is 1. The molecular weight excluding hydrogens is 218 g/mol. The molecule has 0 atom stereocenters. The zero-order valence-corrected chi connectivity index (χ0v) is 9.60. The summed E-state index contributed by atoms with van der Waals surface area (Å²) < 4.78 is 0. The van der Waals surface area contributed by atoms with E-state index < -0.39 is 0 Å². The summed E-state index contributed by atoms with van der Waals surface area (Å²) in [4.78, 5) is 15.8. The van der Waals surface area contributed by atoms with E-state index in [-0.39, 0.29) is 18.1 Å². The van der Waals surface area contributed by atoms with Crippen LogP contribution in [0.25, 0.3) is 0 Å². The van der Waals surface area contributed by atoms with E-state index in [1.54, 1.807) is 18.2 Å². The van der Waals surface area contributed by atoms with Crippen LogP contribution in [0.15, 0.2) is 18.2 Å². The number of pyridine rings is 1. The van der Waals surface area contributed by atoms with Crippen molar-refractivity contribution in [2.24, 2.45) is 0 Å². The molecule has 92 valence electrons. The number of nitrogens with zero attached hydrogens (tertiary/aromatic N) is 1. The largest absolute Gasteiger partial charge is 0.393 e. The molecule has 0 spiro atoms. The number of rotatable bonds is 2. The molecule has 4 N–H and O–H groups in total. The predicted octanol–water partition coefficient (Wildman–Crippen LogP) is 0.697. The Morgan fingerprint density at radius 1 is 1.35 bits per heavy atom. The van der Waals surface area contributed by atoms with Crippen LogP contribution in [0.2, 0.25) is 0 Å². The smallest absolute Gasteiger partial charge is 0.270 e. The predicted molar refractivity (Wildman–Crippen MR) is 64.4 cm³/mol. The lowest BCUT2D eigenvalue weighted by atomic mass is 9.93. The Labute approximate surface area is 100 Å². The standard InChI is InChI=1S/C12H17N3O2/c13-11-3-1-2-10(15-11)12(17)14-8-4-6-9(16)7-5-8/h1-3,8-9,16H,4-7H2,(H2,13,15)(H,14,17). The molecule has 0 aliphatic heterocycles. The Morgan fingerprint density at radius 3 is 2.71 bits per heavy atom. The minimum atomic E-state index is -0.214. The number of aromatic nitrogens is 1. The molecular formula is C12H17N3O2. The third kappa shape index (κ3) is 3.17. The van der Waals surface area contributed by atoms with Gasteiger partial charge in [-0.3, -0.25) is 4.79 Å². The van der Waals surface area contributed by atoms with Gasteiger partial charge >= 0.3 is 0 Å². The first kappa shape index (κ1) is 11.9. The average molecular weight is 235 g/mol. The van der Waals surface area contributed by atoms with Crippen molar-refractivity contribution < 1.29 is 9.90 Å². The van der Waals surface area contributed by atoms with E-state index in [9.17, 15) is 9.90 Å². The van der Waals surface area contributed by atoms with Gasteiger partial charge < -0.3 is 16.2 Å². The van der Waals surface area contributed by atoms with Crippen molar-refractivity contribution in [2.45, 2.75) is 37.8 Å². The van der Waals surface area contributed by atoms with E-state index in [2.05, 4.69) is 10.3 Å². The summed E-state index contributed by atoms with van der Waals surface area (Å²) in [6.07, 6.45) is 2.91. The maximum atomic E-state index is 11.9. The van der Waals surface area contributed by atoms with Crippen LogP contribution in [0.4, 0.5) is 5.82 Å². The molecule has 1 saturated carbocycles. The number of hydrogen-bond acceptors (Lipinski definition) is 4. The zero-order chi connectivity index (χ0) is 12.3. The van der Waals surface area contributed by atoms with Crippen molar-refractivity contribution >= 4 is 11.7 Å². The van der Waals surface area contributed by atoms with Gasteiger partial charge in [0.15, 0.2) is 0 Å². The van der Waals surface area contributed by atoms with Crippen LogP contribution >= 0.6 is 0 Å². The third-order valence-corrected chi connectivity index (χ3v) is 3.04. The second-order valence-electron chi connectivity index (χ2n) is 4.43. The topological polar surface area (TPSA) is 88.2 Å². The highest BCUT2D eigenvalue weighted by Crippen LogP contribution is 2.18. The molecule has 5 nitrogen and oxygen atoms in total. The third-order valence-electron chi connectivity index (χ3n) is 3.04. The Kier molecular flexibility index (Phi) is 3.58. The zero-order valence-electron chi connectivity index (χ0n) is 9.60. The number of carbonyl (C=O) groups excluding carboxylic acids is 1. The van der Waals surface area contributed by atoms with Gasteiger partial charge in [0.1, 0.15) is 11.5 Å². The summed E-state index contributed by atoms with van der Waals surface area (Å²) in [6.45, 7) is 0. The average Bonchev–Trinajstić information content (AvgIpc) is 2.32. The minimum absolute atomic E-state index is 0.133. The lowest BCUT2D eigenvalue weighted by Crippen LogP contribution is -2.38. The Balaban J connectivity index is 1.93. The summed E-state index contributed by atoms with van der Waals surface area (Å²) in [7, 11) is 0. The van der Waals surface area contributed by atoms with Crippen molar-refractivity contribution in [3.8, 4) is 0 Å². The number of carbonyl (C=O) groups is 1. The van der Waals surface area contributed by atoms with Crippen molar-refractivity contribution in [1.29, 1.82) is 0 Å². The summed E-state index contributed by atoms with van der Waals surface area (Å²) >= 11 is 0. The van der Waals surface area contributed by atoms with Crippen molar-refractivity contribution in [2.75, 3.05) is 5.73 Å². The molecule has 17 heavy (non-hydrogen) atoms. The number of amides is 1. The maximum absolute atomic E-state index is 11.9. The molecule has 1 amide bonds. The number of hydrogen-bond donors (Lipinski definition) is 3. The quantitative estimate of drug-likeness (QED) is 0.704. The van der Waals surface area contributed by atoms with Gasteiger partial charge in [-0.1, -0.05) is 6.07 Å². The van der Waals surface area contributed by atoms with Gasteiger partial charge in [0.25, 0.3) is 5.91 Å². The summed E-state index contributed by atoms with van der Waals surface area (Å²) in [5.41, 5.74) is 5.87. The fourth-order valence-corrected chi connectivity index (χ4v) is 2.06. The van der Waals surface area contributed by atoms with Crippen LogP contribution in [0.5, 0.6) is 0 Å². The van der Waals surface area contributed by atoms with E-state index in [0.29, 0.717) is 11.5 Å². The van der Waals surface area contributed by atoms with Gasteiger partial charge in [-0.2, -0.15) is 0 Å². The van der Waals surface area contributed by atoms with Crippen LogP contribution < -0.4 is 11.1 Å². The van der Waals surface area contributed by atoms with E-state index in [1.165, 1.54) is 0 Å². The van der Waals surface area contributed by atoms with Crippen LogP contribution in [0.1, 0.15) is 36.2 Å². The monoisotopic (exact) mass is 235 g/mol. The van der Waals surface area contributed by atoms with Gasteiger partial charge in [0.05, 0.1) is 6.10 Å². The molecule has 1 heterocycles. The molecule has 0 unspecified atom stereocenters. The molecule has 1 aromatic rings. The minimum Gasteiger partial charge on any atom is -0.393 e. The first-order chi connectivity index (χ1) is 8.15. The molecule has 0 bridgehead atoms. The second-order valence-corrected chi connectivity index (χ2v) is 4.43. The van der Waals surface area contributed by atoms with Gasteiger partial charge in [-0.15, -0.1) is 0 Å². The normalized spacial score (nSPS) is 24.3. The lowest BCUT2D eigenvalue weighted by Gasteiger charge is -2.26. The number of aliphatic hydroxyl groups is 1. The molecule has 1 aliphatic rings. The van der Waals surface area contributed by atoms with E-state index >= 15 is 0 Å². The van der Waals surface area contributed by atoms with Crippen LogP contribution in [0.3, 0.4) is 0 Å². The van der Waals surface area contributed by atoms with E-state index in [4.69, 9.17) is 5.73 Å². The Bertz CT molecular complexity index is 400. The number of anilines is 1. The highest BCUT2D eigenvalue weighted by Gasteiger charge is 2.21. The maximum Gasteiger partial charge on any atom is 0.270 e. The summed E-state index contributed by atoms with van der Waals surface area (Å²) in [5.74, 6) is 0.149. The second kappa shape index (κ2) is 5.14. The fourth-order valence-electron chi connectivity index (χ4n) is 2.06. The first-order valence-electron chi connectivity index (χ1n) is 5.86. The van der Waals surface area contributed by atoms with Crippen molar-refractivity contribution in [3.05, 3.63) is 23.9 Å². The van der Waals surface area contributed by atoms with Gasteiger partial charge in [-0.25, -0.2) is 4.98 Å². The lowest BCUT2D eigenvalue weighted by molar-refractivity contribution is 0.0863. The van der Waals surface area contributed by atoms with Gasteiger partial charge in [0, 0.05) is 6.04 Å². The molecule has 0 radical (unpaired) electrons. The first-order valence-corrected chi connectivity index (χ1v) is 5.86. The van der Waals surface area contributed by atoms with Gasteiger partial charge in [0.2, 0.25) is 0 Å². The van der Waals surface area contributed by atoms with Crippen LogP contribution in [0, 0.1) is 0 Å². The molecule has 1 fully saturated rings. The van der Waals surface area contributed by atoms with E-state index in [1.807, 2.05) is 0 Å². The number of nitrogen functional groups attached to an aromatic ring is 1. The van der Waals surface area contributed by atoms with E-state index in [0.717, 1.165) is 25.7 Å². The molecule has 0 saturated heterocycles. The van der Waals surface area contributed by atoms with Crippen molar-refractivity contribution in [1.82, 2.24) is 10.3 Å². The summed E-state index contributed by atoms with van der Waals surface area (Å²) in [5, 5.41) is 12.3. The highest BCUT2D eigenvalue weighted by molar-refractivity contribution is 5.92. The Hall–Kier alpha value is -1.62. The fraction of sp³-hybridized carbons (Fsp3) is 0.500. The Morgan fingerprint density at radius 2 is 2.06 bits per heavy atom. The van der Waals surface area contributed by atoms with Gasteiger partial charge in [-0.05, 0) is 37.8 Å². The van der Waals surface area contributed by atoms with Crippen LogP contribution in [-0.4, -0.2) is 28.1 Å². The molecule has 5 heteroatoms. The molecule has 1 aliphatic carbocycles. The number of nitrogens with two attached hydrogens (primary N) is 1.